The second kappa shape index (κ2) is 4.49. The number of amides is 1. The minimum absolute atomic E-state index is 0.487. The van der Waals surface area contributed by atoms with Crippen LogP contribution in [0.2, 0.25) is 5.02 Å². The molecule has 3 N–H and O–H groups in total. The smallest absolute Gasteiger partial charge is 0.304 e. The van der Waals surface area contributed by atoms with Gasteiger partial charge in [-0.2, -0.15) is 0 Å². The van der Waals surface area contributed by atoms with Crippen LogP contribution in [0.1, 0.15) is 0 Å². The fraction of sp³-hybridized carbons (Fsp3) is 0.364. The first kappa shape index (κ1) is 13.3. The zero-order valence-electron chi connectivity index (χ0n) is 9.96. The number of carbonyl (C=O) groups excluding carboxylic acids is 1. The van der Waals surface area contributed by atoms with Gasteiger partial charge in [0.25, 0.3) is 5.79 Å². The highest BCUT2D eigenvalue weighted by molar-refractivity contribution is 6.30. The summed E-state index contributed by atoms with van der Waals surface area (Å²) in [6.45, 7) is 0. The molecule has 0 bridgehead atoms. The van der Waals surface area contributed by atoms with Crippen molar-refractivity contribution in [3.05, 3.63) is 29.3 Å². The van der Waals surface area contributed by atoms with Crippen LogP contribution in [0.15, 0.2) is 24.3 Å². The Kier molecular flexibility index (Phi) is 3.31. The lowest BCUT2D eigenvalue weighted by molar-refractivity contribution is -0.193. The minimum Gasteiger partial charge on any atom is -0.356 e. The van der Waals surface area contributed by atoms with Gasteiger partial charge in [-0.15, -0.1) is 0 Å². The number of likely N-dealkylation sites (N-methyl/N-ethyl adjacent to an activating group) is 1. The molecule has 0 aromatic heterocycles. The fourth-order valence-corrected chi connectivity index (χ4v) is 1.94. The Balaban J connectivity index is 2.32. The lowest BCUT2D eigenvalue weighted by Crippen LogP contribution is -2.54. The molecule has 1 fully saturated rings. The van der Waals surface area contributed by atoms with Crippen LogP contribution >= 0.6 is 11.6 Å². The largest absolute Gasteiger partial charge is 0.356 e. The van der Waals surface area contributed by atoms with E-state index in [4.69, 9.17) is 11.6 Å². The third kappa shape index (κ3) is 2.09. The number of hydrogen-bond acceptors (Lipinski definition) is 5. The lowest BCUT2D eigenvalue weighted by atomic mass is 10.2. The van der Waals surface area contributed by atoms with E-state index < -0.39 is 17.9 Å². The van der Waals surface area contributed by atoms with Crippen molar-refractivity contribution in [3.63, 3.8) is 0 Å². The molecule has 1 atom stereocenters. The summed E-state index contributed by atoms with van der Waals surface area (Å²) in [4.78, 5) is 13.4. The van der Waals surface area contributed by atoms with E-state index in [-0.39, 0.29) is 0 Å². The molecule has 1 amide bonds. The highest BCUT2D eigenvalue weighted by Crippen LogP contribution is 2.26. The first-order valence-corrected chi connectivity index (χ1v) is 5.69. The average molecular weight is 272 g/mol. The molecule has 2 rings (SSSR count). The number of hydrazine groups is 1. The van der Waals surface area contributed by atoms with Crippen LogP contribution in [0, 0.1) is 0 Å². The number of nitrogens with one attached hydrogen (secondary N) is 1. The maximum atomic E-state index is 11.9. The van der Waals surface area contributed by atoms with Gasteiger partial charge in [-0.25, -0.2) is 10.4 Å². The molecule has 18 heavy (non-hydrogen) atoms. The van der Waals surface area contributed by atoms with E-state index >= 15 is 0 Å². The molecule has 7 heteroatoms. The summed E-state index contributed by atoms with van der Waals surface area (Å²) in [5.41, 5.74) is 3.22. The van der Waals surface area contributed by atoms with E-state index in [1.54, 1.807) is 38.4 Å². The number of nitrogens with zero attached hydrogens (tertiary/aromatic N) is 2. The molecule has 1 aliphatic heterocycles. The summed E-state index contributed by atoms with van der Waals surface area (Å²) in [5, 5.41) is 21.3. The summed E-state index contributed by atoms with van der Waals surface area (Å²) in [6, 6.07) is 6.46. The van der Waals surface area contributed by atoms with E-state index in [0.29, 0.717) is 10.7 Å². The summed E-state index contributed by atoms with van der Waals surface area (Å²) < 4.78 is 0. The van der Waals surface area contributed by atoms with Gasteiger partial charge in [0.15, 0.2) is 0 Å². The highest BCUT2D eigenvalue weighted by Gasteiger charge is 2.53. The third-order valence-corrected chi connectivity index (χ3v) is 3.00. The summed E-state index contributed by atoms with van der Waals surface area (Å²) in [7, 11) is 3.27. The van der Waals surface area contributed by atoms with Gasteiger partial charge in [-0.3, -0.25) is 9.69 Å². The average Bonchev–Trinajstić information content (AvgIpc) is 2.53. The van der Waals surface area contributed by atoms with Crippen molar-refractivity contribution in [2.75, 3.05) is 19.1 Å². The molecule has 1 aromatic carbocycles. The summed E-state index contributed by atoms with van der Waals surface area (Å²) in [6.07, 6.45) is -0.916. The second-order valence-corrected chi connectivity index (χ2v) is 4.77. The molecule has 0 spiro atoms. The van der Waals surface area contributed by atoms with Gasteiger partial charge in [-0.1, -0.05) is 11.6 Å². The summed E-state index contributed by atoms with van der Waals surface area (Å²) >= 11 is 5.76. The zero-order valence-corrected chi connectivity index (χ0v) is 10.7. The van der Waals surface area contributed by atoms with Gasteiger partial charge in [0.2, 0.25) is 0 Å². The van der Waals surface area contributed by atoms with Crippen molar-refractivity contribution in [1.29, 1.82) is 0 Å². The van der Waals surface area contributed by atoms with Gasteiger partial charge in [0, 0.05) is 5.02 Å². The Hall–Kier alpha value is -1.18. The maximum absolute atomic E-state index is 11.9. The van der Waals surface area contributed by atoms with Crippen molar-refractivity contribution in [2.24, 2.45) is 0 Å². The molecular weight excluding hydrogens is 258 g/mol. The quantitative estimate of drug-likeness (QED) is 0.648. The Morgan fingerprint density at radius 1 is 1.33 bits per heavy atom. The Morgan fingerprint density at radius 3 is 2.33 bits per heavy atom. The Labute approximate surface area is 109 Å². The number of rotatable bonds is 2. The van der Waals surface area contributed by atoms with E-state index in [9.17, 15) is 15.0 Å². The van der Waals surface area contributed by atoms with Crippen molar-refractivity contribution < 1.29 is 15.0 Å². The Morgan fingerprint density at radius 2 is 1.89 bits per heavy atom. The number of anilines is 1. The highest BCUT2D eigenvalue weighted by atomic mass is 35.5. The molecular formula is C11H14ClN3O3. The zero-order chi connectivity index (χ0) is 13.5. The van der Waals surface area contributed by atoms with Crippen LogP contribution in [-0.2, 0) is 4.79 Å². The first-order valence-electron chi connectivity index (χ1n) is 5.31. The number of hydrogen-bond donors (Lipinski definition) is 3. The van der Waals surface area contributed by atoms with Gasteiger partial charge in [0.05, 0.1) is 5.69 Å². The predicted octanol–water partition coefficient (Wildman–Crippen LogP) is -0.240. The van der Waals surface area contributed by atoms with E-state index in [2.05, 4.69) is 5.43 Å². The fourth-order valence-electron chi connectivity index (χ4n) is 1.81. The van der Waals surface area contributed by atoms with Gasteiger partial charge < -0.3 is 10.2 Å². The molecule has 1 unspecified atom stereocenters. The van der Waals surface area contributed by atoms with Crippen LogP contribution < -0.4 is 10.4 Å². The molecule has 1 saturated heterocycles. The maximum Gasteiger partial charge on any atom is 0.304 e. The minimum atomic E-state index is -2.47. The van der Waals surface area contributed by atoms with E-state index in [1.165, 1.54) is 4.90 Å². The third-order valence-electron chi connectivity index (χ3n) is 2.75. The van der Waals surface area contributed by atoms with E-state index in [0.717, 1.165) is 5.01 Å². The molecule has 1 aromatic rings. The SMILES string of the molecule is CN(C)C1NN(c2ccc(Cl)cc2)C(=O)C1(O)O. The molecule has 1 heterocycles. The van der Waals surface area contributed by atoms with Crippen molar-refractivity contribution in [3.8, 4) is 0 Å². The Bertz CT molecular complexity index is 461. The van der Waals surface area contributed by atoms with Crippen LogP contribution in [0.25, 0.3) is 0 Å². The van der Waals surface area contributed by atoms with Crippen LogP contribution in [0.3, 0.4) is 0 Å². The summed E-state index contributed by atoms with van der Waals surface area (Å²) in [5.74, 6) is -3.30. The molecule has 0 saturated carbocycles. The molecule has 0 aliphatic carbocycles. The number of aliphatic hydroxyl groups is 2. The van der Waals surface area contributed by atoms with Crippen LogP contribution in [0.5, 0.6) is 0 Å². The topological polar surface area (TPSA) is 76.0 Å². The monoisotopic (exact) mass is 271 g/mol. The number of halogens is 1. The normalized spacial score (nSPS) is 22.9. The standard InChI is InChI=1S/C11H14ClN3O3/c1-14(2)9-11(17,18)10(16)15(13-9)8-5-3-7(12)4-6-8/h3-6,9,13,17-18H,1-2H3. The van der Waals surface area contributed by atoms with Gasteiger partial charge in [0.1, 0.15) is 6.17 Å². The first-order chi connectivity index (χ1) is 8.34. The predicted molar refractivity (Wildman–Crippen MR) is 66.7 cm³/mol. The molecule has 0 radical (unpaired) electrons. The molecule has 1 aliphatic rings. The van der Waals surface area contributed by atoms with Gasteiger partial charge >= 0.3 is 5.91 Å². The van der Waals surface area contributed by atoms with E-state index in [1.807, 2.05) is 0 Å². The van der Waals surface area contributed by atoms with Crippen LogP contribution in [0.4, 0.5) is 5.69 Å². The van der Waals surface area contributed by atoms with Crippen molar-refractivity contribution in [1.82, 2.24) is 10.3 Å². The van der Waals surface area contributed by atoms with Gasteiger partial charge in [-0.05, 0) is 38.4 Å². The number of benzene rings is 1. The molecule has 6 nitrogen and oxygen atoms in total. The number of carbonyl (C=O) groups is 1. The van der Waals surface area contributed by atoms with Crippen LogP contribution in [-0.4, -0.2) is 47.1 Å². The van der Waals surface area contributed by atoms with Crippen molar-refractivity contribution >= 4 is 23.2 Å². The lowest BCUT2D eigenvalue weighted by Gasteiger charge is -2.25. The van der Waals surface area contributed by atoms with Crippen molar-refractivity contribution in [2.45, 2.75) is 12.0 Å². The molecule has 98 valence electrons. The second-order valence-electron chi connectivity index (χ2n) is 4.34.